The van der Waals surface area contributed by atoms with E-state index >= 15 is 0 Å². The quantitative estimate of drug-likeness (QED) is 0.436. The topological polar surface area (TPSA) is 84.4 Å². The number of nitrogens with one attached hydrogen (secondary N) is 1. The molecule has 4 aromatic rings. The number of carbonyl (C=O) groups is 2. The zero-order valence-electron chi connectivity index (χ0n) is 17.7. The molecule has 0 radical (unpaired) electrons. The highest BCUT2D eigenvalue weighted by atomic mass is 32.1. The highest BCUT2D eigenvalue weighted by Gasteiger charge is 2.28. The van der Waals surface area contributed by atoms with Gasteiger partial charge >= 0.3 is 0 Å². The van der Waals surface area contributed by atoms with Crippen LogP contribution in [0.3, 0.4) is 0 Å². The summed E-state index contributed by atoms with van der Waals surface area (Å²) in [5.74, 6) is 0.546. The number of thiazole rings is 2. The number of anilines is 1. The predicted molar refractivity (Wildman–Crippen MR) is 130 cm³/mol. The van der Waals surface area contributed by atoms with E-state index < -0.39 is 0 Å². The standard InChI is InChI=1S/C22H22N4O3S3/c1-12-11-31-22(23-12)25-21(28)14-3-6-26(7-4-14)18(27)10-29-16-9-17-19(24-13(2)32-17)20-15(16)5-8-30-20/h5,8-9,11,14H,3-4,6-7,10H2,1-2H3,(H,23,25,28). The Bertz CT molecular complexity index is 1300. The molecule has 1 fully saturated rings. The molecule has 10 heteroatoms. The Kier molecular flexibility index (Phi) is 5.83. The molecule has 32 heavy (non-hydrogen) atoms. The molecule has 1 saturated heterocycles. The van der Waals surface area contributed by atoms with Gasteiger partial charge in [0.15, 0.2) is 11.7 Å². The number of hydrogen-bond donors (Lipinski definition) is 1. The summed E-state index contributed by atoms with van der Waals surface area (Å²) in [6.45, 7) is 4.99. The number of thiophene rings is 1. The van der Waals surface area contributed by atoms with Gasteiger partial charge in [-0.05, 0) is 38.1 Å². The molecular formula is C22H22N4O3S3. The number of amides is 2. The lowest BCUT2D eigenvalue weighted by atomic mass is 9.96. The second kappa shape index (κ2) is 8.76. The van der Waals surface area contributed by atoms with Crippen molar-refractivity contribution in [3.05, 3.63) is 33.6 Å². The van der Waals surface area contributed by atoms with Gasteiger partial charge < -0.3 is 15.0 Å². The molecule has 1 aromatic carbocycles. The van der Waals surface area contributed by atoms with Gasteiger partial charge in [0.2, 0.25) is 5.91 Å². The fourth-order valence-corrected chi connectivity index (χ4v) is 6.47. The SMILES string of the molecule is Cc1csc(NC(=O)C2CCN(C(=O)COc3cc4sc(C)nc4c4sccc34)CC2)n1. The van der Waals surface area contributed by atoms with E-state index in [0.717, 1.165) is 36.8 Å². The molecule has 1 aliphatic heterocycles. The van der Waals surface area contributed by atoms with E-state index in [2.05, 4.69) is 15.3 Å². The fraction of sp³-hybridized carbons (Fsp3) is 0.364. The zero-order valence-corrected chi connectivity index (χ0v) is 20.2. The summed E-state index contributed by atoms with van der Waals surface area (Å²) in [6.07, 6.45) is 1.28. The first-order valence-electron chi connectivity index (χ1n) is 10.4. The predicted octanol–water partition coefficient (Wildman–Crippen LogP) is 4.84. The van der Waals surface area contributed by atoms with Gasteiger partial charge in [-0.3, -0.25) is 9.59 Å². The summed E-state index contributed by atoms with van der Waals surface area (Å²) in [5.41, 5.74) is 1.90. The third kappa shape index (κ3) is 4.22. The van der Waals surface area contributed by atoms with Crippen molar-refractivity contribution in [3.63, 3.8) is 0 Å². The highest BCUT2D eigenvalue weighted by Crippen LogP contribution is 2.38. The number of rotatable bonds is 5. The maximum atomic E-state index is 12.8. The summed E-state index contributed by atoms with van der Waals surface area (Å²) in [4.78, 5) is 36.0. The average molecular weight is 487 g/mol. The molecular weight excluding hydrogens is 464 g/mol. The van der Waals surface area contributed by atoms with Crippen molar-refractivity contribution in [2.45, 2.75) is 26.7 Å². The minimum atomic E-state index is -0.105. The second-order valence-electron chi connectivity index (χ2n) is 7.84. The van der Waals surface area contributed by atoms with Crippen LogP contribution in [0.2, 0.25) is 0 Å². The number of ether oxygens (including phenoxy) is 1. The molecule has 0 bridgehead atoms. The average Bonchev–Trinajstić information content (AvgIpc) is 3.51. The van der Waals surface area contributed by atoms with E-state index in [-0.39, 0.29) is 24.3 Å². The Morgan fingerprint density at radius 1 is 1.22 bits per heavy atom. The Morgan fingerprint density at radius 3 is 2.78 bits per heavy atom. The van der Waals surface area contributed by atoms with E-state index in [4.69, 9.17) is 4.74 Å². The highest BCUT2D eigenvalue weighted by molar-refractivity contribution is 7.21. The number of aromatic nitrogens is 2. The summed E-state index contributed by atoms with van der Waals surface area (Å²) >= 11 is 4.70. The summed E-state index contributed by atoms with van der Waals surface area (Å²) in [5, 5.41) is 9.47. The lowest BCUT2D eigenvalue weighted by Crippen LogP contribution is -2.43. The largest absolute Gasteiger partial charge is 0.483 e. The number of carbonyl (C=O) groups excluding carboxylic acids is 2. The van der Waals surface area contributed by atoms with Crippen LogP contribution in [0.1, 0.15) is 23.5 Å². The van der Waals surface area contributed by atoms with E-state index in [0.29, 0.717) is 31.1 Å². The van der Waals surface area contributed by atoms with Crippen LogP contribution in [0.15, 0.2) is 22.9 Å². The van der Waals surface area contributed by atoms with Crippen molar-refractivity contribution in [1.29, 1.82) is 0 Å². The number of aryl methyl sites for hydroxylation is 2. The first-order chi connectivity index (χ1) is 15.5. The lowest BCUT2D eigenvalue weighted by Gasteiger charge is -2.31. The number of nitrogens with zero attached hydrogens (tertiary/aromatic N) is 3. The molecule has 1 aliphatic rings. The van der Waals surface area contributed by atoms with E-state index in [1.807, 2.05) is 36.7 Å². The van der Waals surface area contributed by atoms with Crippen LogP contribution in [0.5, 0.6) is 5.75 Å². The Morgan fingerprint density at radius 2 is 2.03 bits per heavy atom. The minimum absolute atomic E-state index is 0.0104. The van der Waals surface area contributed by atoms with Crippen LogP contribution in [-0.2, 0) is 9.59 Å². The minimum Gasteiger partial charge on any atom is -0.483 e. The Balaban J connectivity index is 1.18. The van der Waals surface area contributed by atoms with Gasteiger partial charge in [-0.1, -0.05) is 0 Å². The summed E-state index contributed by atoms with van der Waals surface area (Å²) < 4.78 is 8.14. The van der Waals surface area contributed by atoms with Gasteiger partial charge in [0.05, 0.1) is 25.6 Å². The van der Waals surface area contributed by atoms with Crippen LogP contribution in [0.25, 0.3) is 20.3 Å². The van der Waals surface area contributed by atoms with Crippen molar-refractivity contribution in [2.24, 2.45) is 5.92 Å². The first kappa shape index (κ1) is 21.3. The molecule has 5 rings (SSSR count). The smallest absolute Gasteiger partial charge is 0.260 e. The molecule has 0 spiro atoms. The second-order valence-corrected chi connectivity index (χ2v) is 10.9. The Hall–Kier alpha value is -2.56. The maximum absolute atomic E-state index is 12.8. The van der Waals surface area contributed by atoms with Crippen LogP contribution >= 0.6 is 34.0 Å². The third-order valence-corrected chi connectivity index (χ3v) is 8.30. The maximum Gasteiger partial charge on any atom is 0.260 e. The van der Waals surface area contributed by atoms with Crippen molar-refractivity contribution >= 4 is 71.3 Å². The molecule has 3 aromatic heterocycles. The number of benzene rings is 1. The fourth-order valence-electron chi connectivity index (χ4n) is 3.95. The molecule has 0 unspecified atom stereocenters. The van der Waals surface area contributed by atoms with Gasteiger partial charge in [0.1, 0.15) is 5.75 Å². The third-order valence-electron chi connectivity index (χ3n) is 5.59. The van der Waals surface area contributed by atoms with Crippen molar-refractivity contribution < 1.29 is 14.3 Å². The van der Waals surface area contributed by atoms with Crippen LogP contribution in [-0.4, -0.2) is 46.4 Å². The summed E-state index contributed by atoms with van der Waals surface area (Å²) in [6, 6.07) is 4.00. The summed E-state index contributed by atoms with van der Waals surface area (Å²) in [7, 11) is 0. The molecule has 2 amide bonds. The van der Waals surface area contributed by atoms with E-state index in [1.165, 1.54) is 11.3 Å². The van der Waals surface area contributed by atoms with Gasteiger partial charge in [-0.15, -0.1) is 34.0 Å². The first-order valence-corrected chi connectivity index (χ1v) is 13.0. The van der Waals surface area contributed by atoms with E-state index in [1.54, 1.807) is 27.6 Å². The van der Waals surface area contributed by atoms with Crippen molar-refractivity contribution in [3.8, 4) is 5.75 Å². The van der Waals surface area contributed by atoms with Crippen molar-refractivity contribution in [2.75, 3.05) is 25.0 Å². The molecule has 4 heterocycles. The van der Waals surface area contributed by atoms with Crippen molar-refractivity contribution in [1.82, 2.24) is 14.9 Å². The van der Waals surface area contributed by atoms with Crippen LogP contribution in [0, 0.1) is 19.8 Å². The molecule has 0 saturated carbocycles. The number of likely N-dealkylation sites (tertiary alicyclic amines) is 1. The molecule has 0 aliphatic carbocycles. The normalized spacial score (nSPS) is 14.9. The van der Waals surface area contributed by atoms with Crippen LogP contribution in [0.4, 0.5) is 5.13 Å². The number of fused-ring (bicyclic) bond motifs is 3. The molecule has 1 N–H and O–H groups in total. The van der Waals surface area contributed by atoms with Gasteiger partial charge in [-0.25, -0.2) is 9.97 Å². The lowest BCUT2D eigenvalue weighted by molar-refractivity contribution is -0.136. The number of piperidine rings is 1. The van der Waals surface area contributed by atoms with Gasteiger partial charge in [-0.2, -0.15) is 0 Å². The van der Waals surface area contributed by atoms with Crippen LogP contribution < -0.4 is 10.1 Å². The molecule has 7 nitrogen and oxygen atoms in total. The van der Waals surface area contributed by atoms with Gasteiger partial charge in [0, 0.05) is 35.8 Å². The monoisotopic (exact) mass is 486 g/mol. The number of hydrogen-bond acceptors (Lipinski definition) is 8. The molecule has 166 valence electrons. The van der Waals surface area contributed by atoms with E-state index in [9.17, 15) is 9.59 Å². The zero-order chi connectivity index (χ0) is 22.2. The van der Waals surface area contributed by atoms with Gasteiger partial charge in [0.25, 0.3) is 5.91 Å². The molecule has 0 atom stereocenters. The Labute approximate surface area is 197 Å².